The summed E-state index contributed by atoms with van der Waals surface area (Å²) in [6.45, 7) is 4.82. The van der Waals surface area contributed by atoms with E-state index in [4.69, 9.17) is 4.74 Å². The zero-order chi connectivity index (χ0) is 12.7. The first-order valence-corrected chi connectivity index (χ1v) is 6.02. The van der Waals surface area contributed by atoms with E-state index < -0.39 is 0 Å². The minimum Gasteiger partial charge on any atom is -0.383 e. The highest BCUT2D eigenvalue weighted by Gasteiger charge is 2.16. The third-order valence-corrected chi connectivity index (χ3v) is 3.26. The Labute approximate surface area is 105 Å². The lowest BCUT2D eigenvalue weighted by atomic mass is 10.2. The molecule has 3 aromatic heterocycles. The van der Waals surface area contributed by atoms with Crippen LogP contribution in [0.2, 0.25) is 0 Å². The lowest BCUT2D eigenvalue weighted by Crippen LogP contribution is -2.12. The third-order valence-electron chi connectivity index (χ3n) is 3.26. The van der Waals surface area contributed by atoms with Crippen LogP contribution in [0.5, 0.6) is 0 Å². The summed E-state index contributed by atoms with van der Waals surface area (Å²) in [5.41, 5.74) is 2.96. The van der Waals surface area contributed by atoms with E-state index in [0.717, 1.165) is 27.9 Å². The lowest BCUT2D eigenvalue weighted by Gasteiger charge is -2.15. The average molecular weight is 244 g/mol. The fourth-order valence-corrected chi connectivity index (χ4v) is 2.56. The van der Waals surface area contributed by atoms with E-state index >= 15 is 0 Å². The van der Waals surface area contributed by atoms with Crippen LogP contribution in [-0.4, -0.2) is 33.2 Å². The van der Waals surface area contributed by atoms with Gasteiger partial charge in [0.2, 0.25) is 0 Å². The van der Waals surface area contributed by atoms with Crippen molar-refractivity contribution in [2.24, 2.45) is 0 Å². The maximum absolute atomic E-state index is 5.25. The number of nitrogens with zero attached hydrogens (tertiary/aromatic N) is 3. The van der Waals surface area contributed by atoms with E-state index in [1.165, 1.54) is 0 Å². The van der Waals surface area contributed by atoms with Crippen LogP contribution in [0.25, 0.3) is 22.1 Å². The second-order valence-corrected chi connectivity index (χ2v) is 4.57. The molecule has 5 heteroatoms. The van der Waals surface area contributed by atoms with Crippen molar-refractivity contribution in [2.75, 3.05) is 13.7 Å². The zero-order valence-electron chi connectivity index (χ0n) is 10.8. The van der Waals surface area contributed by atoms with Gasteiger partial charge < -0.3 is 14.3 Å². The highest BCUT2D eigenvalue weighted by molar-refractivity contribution is 6.01. The molecule has 0 aliphatic heterocycles. The topological polar surface area (TPSA) is 55.7 Å². The highest BCUT2D eigenvalue weighted by atomic mass is 16.5. The van der Waals surface area contributed by atoms with Crippen molar-refractivity contribution < 1.29 is 4.74 Å². The van der Waals surface area contributed by atoms with Gasteiger partial charge in [0.1, 0.15) is 17.0 Å². The Morgan fingerprint density at radius 1 is 1.50 bits per heavy atom. The molecule has 3 rings (SSSR count). The first kappa shape index (κ1) is 11.2. The van der Waals surface area contributed by atoms with E-state index in [-0.39, 0.29) is 6.04 Å². The van der Waals surface area contributed by atoms with E-state index in [1.54, 1.807) is 7.11 Å². The molecule has 1 atom stereocenters. The number of nitrogens with one attached hydrogen (secondary N) is 1. The second kappa shape index (κ2) is 4.10. The molecule has 3 aromatic rings. The molecule has 0 spiro atoms. The van der Waals surface area contributed by atoms with Gasteiger partial charge in [-0.25, -0.2) is 9.97 Å². The van der Waals surface area contributed by atoms with E-state index in [9.17, 15) is 0 Å². The Morgan fingerprint density at radius 3 is 3.11 bits per heavy atom. The van der Waals surface area contributed by atoms with Crippen LogP contribution >= 0.6 is 0 Å². The molecule has 0 aromatic carbocycles. The van der Waals surface area contributed by atoms with E-state index in [0.29, 0.717) is 6.61 Å². The van der Waals surface area contributed by atoms with Crippen LogP contribution in [0.1, 0.15) is 18.8 Å². The minimum atomic E-state index is 0.250. The van der Waals surface area contributed by atoms with Gasteiger partial charge in [0.25, 0.3) is 0 Å². The van der Waals surface area contributed by atoms with Crippen LogP contribution in [0.15, 0.2) is 18.5 Å². The Bertz CT molecular complexity index is 697. The van der Waals surface area contributed by atoms with Gasteiger partial charge in [0, 0.05) is 18.7 Å². The van der Waals surface area contributed by atoms with Gasteiger partial charge in [-0.1, -0.05) is 0 Å². The number of hydrogen-bond donors (Lipinski definition) is 1. The molecular weight excluding hydrogens is 228 g/mol. The van der Waals surface area contributed by atoms with Crippen molar-refractivity contribution in [3.63, 3.8) is 0 Å². The number of imidazole rings is 1. The predicted molar refractivity (Wildman–Crippen MR) is 70.7 cm³/mol. The number of aromatic amines is 1. The zero-order valence-corrected chi connectivity index (χ0v) is 10.8. The van der Waals surface area contributed by atoms with Crippen molar-refractivity contribution in [3.8, 4) is 0 Å². The number of hydrogen-bond acceptors (Lipinski definition) is 3. The fraction of sp³-hybridized carbons (Fsp3) is 0.385. The van der Waals surface area contributed by atoms with Gasteiger partial charge in [-0.05, 0) is 19.9 Å². The number of pyridine rings is 1. The summed E-state index contributed by atoms with van der Waals surface area (Å²) in [4.78, 5) is 12.1. The Morgan fingerprint density at radius 2 is 2.33 bits per heavy atom. The van der Waals surface area contributed by atoms with Crippen molar-refractivity contribution in [1.29, 1.82) is 0 Å². The summed E-state index contributed by atoms with van der Waals surface area (Å²) in [6, 6.07) is 2.29. The fourth-order valence-electron chi connectivity index (χ4n) is 2.56. The van der Waals surface area contributed by atoms with Gasteiger partial charge in [-0.15, -0.1) is 0 Å². The molecule has 0 radical (unpaired) electrons. The monoisotopic (exact) mass is 244 g/mol. The molecule has 1 N–H and O–H groups in total. The Balaban J connectivity index is 2.34. The summed E-state index contributed by atoms with van der Waals surface area (Å²) < 4.78 is 7.47. The molecule has 0 aliphatic rings. The summed E-state index contributed by atoms with van der Waals surface area (Å²) in [6.07, 6.45) is 3.72. The van der Waals surface area contributed by atoms with E-state index in [2.05, 4.69) is 26.4 Å². The number of H-pyrrole nitrogens is 1. The van der Waals surface area contributed by atoms with Crippen LogP contribution in [0.4, 0.5) is 0 Å². The van der Waals surface area contributed by atoms with Gasteiger partial charge >= 0.3 is 0 Å². The number of aryl methyl sites for hydroxylation is 1. The second-order valence-electron chi connectivity index (χ2n) is 4.57. The van der Waals surface area contributed by atoms with Gasteiger partial charge in [0.05, 0.1) is 24.4 Å². The first-order chi connectivity index (χ1) is 8.72. The smallest absolute Gasteiger partial charge is 0.139 e. The Hall–Kier alpha value is -1.88. The molecule has 0 amide bonds. The third kappa shape index (κ3) is 1.51. The average Bonchev–Trinajstić information content (AvgIpc) is 2.90. The van der Waals surface area contributed by atoms with Crippen LogP contribution in [0, 0.1) is 6.92 Å². The van der Waals surface area contributed by atoms with Crippen molar-refractivity contribution in [1.82, 2.24) is 19.5 Å². The molecule has 0 unspecified atom stereocenters. The molecule has 0 aliphatic carbocycles. The van der Waals surface area contributed by atoms with Crippen molar-refractivity contribution >= 4 is 22.1 Å². The van der Waals surface area contributed by atoms with Gasteiger partial charge in [0.15, 0.2) is 0 Å². The minimum absolute atomic E-state index is 0.250. The predicted octanol–water partition coefficient (Wildman–Crippen LogP) is 2.43. The first-order valence-electron chi connectivity index (χ1n) is 6.02. The summed E-state index contributed by atoms with van der Waals surface area (Å²) in [5, 5.41) is 1.11. The quantitative estimate of drug-likeness (QED) is 0.769. The molecule has 0 saturated carbocycles. The summed E-state index contributed by atoms with van der Waals surface area (Å²) in [7, 11) is 1.72. The SMILES string of the molecule is COC[C@H](C)n1c(C)nc2cnc3[nH]ccc3c21. The van der Waals surface area contributed by atoms with Crippen molar-refractivity contribution in [3.05, 3.63) is 24.3 Å². The maximum atomic E-state index is 5.25. The van der Waals surface area contributed by atoms with E-state index in [1.807, 2.05) is 25.4 Å². The number of aromatic nitrogens is 4. The summed E-state index contributed by atoms with van der Waals surface area (Å²) in [5.74, 6) is 0.991. The number of ether oxygens (including phenoxy) is 1. The van der Waals surface area contributed by atoms with Gasteiger partial charge in [-0.2, -0.15) is 0 Å². The maximum Gasteiger partial charge on any atom is 0.139 e. The largest absolute Gasteiger partial charge is 0.383 e. The molecule has 18 heavy (non-hydrogen) atoms. The standard InChI is InChI=1S/C13H16N4O/c1-8(7-18-3)17-9(2)16-11-6-15-13-10(12(11)17)4-5-14-13/h4-6,8H,7H2,1-3H3,(H,14,15)/t8-/m0/s1. The molecule has 5 nitrogen and oxygen atoms in total. The molecule has 0 fully saturated rings. The molecule has 0 saturated heterocycles. The number of rotatable bonds is 3. The Kier molecular flexibility index (Phi) is 2.56. The number of fused-ring (bicyclic) bond motifs is 3. The highest BCUT2D eigenvalue weighted by Crippen LogP contribution is 2.26. The molecular formula is C13H16N4O. The van der Waals surface area contributed by atoms with Gasteiger partial charge in [-0.3, -0.25) is 0 Å². The number of methoxy groups -OCH3 is 1. The molecule has 0 bridgehead atoms. The lowest BCUT2D eigenvalue weighted by molar-refractivity contribution is 0.163. The van der Waals surface area contributed by atoms with Crippen LogP contribution in [-0.2, 0) is 4.74 Å². The van der Waals surface area contributed by atoms with Crippen LogP contribution in [0.3, 0.4) is 0 Å². The normalized spacial score (nSPS) is 13.5. The van der Waals surface area contributed by atoms with Crippen molar-refractivity contribution in [2.45, 2.75) is 19.9 Å². The van der Waals surface area contributed by atoms with Crippen LogP contribution < -0.4 is 0 Å². The summed E-state index contributed by atoms with van der Waals surface area (Å²) >= 11 is 0. The molecule has 94 valence electrons. The molecule has 3 heterocycles.